The van der Waals surface area contributed by atoms with Gasteiger partial charge in [0.15, 0.2) is 0 Å². The van der Waals surface area contributed by atoms with Crippen LogP contribution in [0.3, 0.4) is 0 Å². The Morgan fingerprint density at radius 3 is 2.22 bits per heavy atom. The molecule has 2 atom stereocenters. The van der Waals surface area contributed by atoms with E-state index < -0.39 is 0 Å². The molecule has 2 saturated heterocycles. The summed E-state index contributed by atoms with van der Waals surface area (Å²) >= 11 is 0. The number of likely N-dealkylation sites (tertiary alicyclic amines) is 2. The standard InChI is InChI=1S/C19H26N2O2/c1-2-3-4-8-11-21-18(22)16-13-20(14-17(16)19(21)23)12-15-9-6-5-7-10-15/h5-7,9-10,16-17H,2-4,8,11-14H2,1H3/t16-,17+. The Morgan fingerprint density at radius 2 is 1.61 bits per heavy atom. The second-order valence-electron chi connectivity index (χ2n) is 6.78. The van der Waals surface area contributed by atoms with E-state index in [9.17, 15) is 9.59 Å². The molecule has 2 heterocycles. The maximum absolute atomic E-state index is 12.5. The summed E-state index contributed by atoms with van der Waals surface area (Å²) in [6, 6.07) is 10.3. The van der Waals surface area contributed by atoms with Crippen molar-refractivity contribution in [2.24, 2.45) is 11.8 Å². The second kappa shape index (κ2) is 7.26. The van der Waals surface area contributed by atoms with Gasteiger partial charge in [-0.15, -0.1) is 0 Å². The number of hydrogen-bond donors (Lipinski definition) is 0. The molecule has 0 radical (unpaired) electrons. The van der Waals surface area contributed by atoms with Crippen molar-refractivity contribution in [3.63, 3.8) is 0 Å². The first-order valence-electron chi connectivity index (χ1n) is 8.82. The summed E-state index contributed by atoms with van der Waals surface area (Å²) in [6.07, 6.45) is 4.39. The molecule has 124 valence electrons. The minimum absolute atomic E-state index is 0.0621. The van der Waals surface area contributed by atoms with Crippen molar-refractivity contribution in [3.05, 3.63) is 35.9 Å². The van der Waals surface area contributed by atoms with Crippen molar-refractivity contribution in [1.29, 1.82) is 0 Å². The highest BCUT2D eigenvalue weighted by molar-refractivity contribution is 6.05. The van der Waals surface area contributed by atoms with Crippen LogP contribution >= 0.6 is 0 Å². The van der Waals surface area contributed by atoms with Gasteiger partial charge in [0, 0.05) is 26.2 Å². The number of hydrogen-bond acceptors (Lipinski definition) is 3. The molecule has 2 amide bonds. The van der Waals surface area contributed by atoms with Gasteiger partial charge in [0.1, 0.15) is 0 Å². The number of carbonyl (C=O) groups is 2. The third-order valence-electron chi connectivity index (χ3n) is 5.05. The van der Waals surface area contributed by atoms with E-state index >= 15 is 0 Å². The molecule has 0 bridgehead atoms. The third kappa shape index (κ3) is 3.47. The molecule has 0 N–H and O–H groups in total. The first-order valence-corrected chi connectivity index (χ1v) is 8.82. The maximum atomic E-state index is 12.5. The Balaban J connectivity index is 1.55. The molecule has 0 saturated carbocycles. The van der Waals surface area contributed by atoms with E-state index in [4.69, 9.17) is 0 Å². The molecule has 2 aliphatic rings. The van der Waals surface area contributed by atoms with Crippen LogP contribution in [0.25, 0.3) is 0 Å². The Kier molecular flexibility index (Phi) is 5.11. The highest BCUT2D eigenvalue weighted by Crippen LogP contribution is 2.34. The molecule has 0 aromatic heterocycles. The van der Waals surface area contributed by atoms with Gasteiger partial charge in [-0.1, -0.05) is 56.5 Å². The van der Waals surface area contributed by atoms with E-state index in [1.54, 1.807) is 0 Å². The smallest absolute Gasteiger partial charge is 0.234 e. The van der Waals surface area contributed by atoms with Crippen molar-refractivity contribution in [1.82, 2.24) is 9.80 Å². The van der Waals surface area contributed by atoms with Crippen LogP contribution in [0.5, 0.6) is 0 Å². The Morgan fingerprint density at radius 1 is 0.957 bits per heavy atom. The summed E-state index contributed by atoms with van der Waals surface area (Å²) in [5.41, 5.74) is 1.24. The summed E-state index contributed by atoms with van der Waals surface area (Å²) in [5, 5.41) is 0. The number of rotatable bonds is 7. The van der Waals surface area contributed by atoms with Crippen LogP contribution in [0, 0.1) is 11.8 Å². The molecule has 4 nitrogen and oxygen atoms in total. The average Bonchev–Trinajstić information content (AvgIpc) is 3.06. The lowest BCUT2D eigenvalue weighted by Crippen LogP contribution is -2.36. The van der Waals surface area contributed by atoms with Gasteiger partial charge in [-0.05, 0) is 12.0 Å². The minimum atomic E-state index is -0.114. The molecule has 2 aliphatic heterocycles. The maximum Gasteiger partial charge on any atom is 0.234 e. The lowest BCUT2D eigenvalue weighted by Gasteiger charge is -2.20. The first-order chi connectivity index (χ1) is 11.2. The van der Waals surface area contributed by atoms with E-state index in [0.29, 0.717) is 6.54 Å². The van der Waals surface area contributed by atoms with Crippen molar-refractivity contribution in [2.75, 3.05) is 19.6 Å². The summed E-state index contributed by atoms with van der Waals surface area (Å²) in [4.78, 5) is 28.9. The van der Waals surface area contributed by atoms with Crippen LogP contribution < -0.4 is 0 Å². The predicted molar refractivity (Wildman–Crippen MR) is 89.6 cm³/mol. The van der Waals surface area contributed by atoms with Crippen molar-refractivity contribution < 1.29 is 9.59 Å². The molecule has 1 aromatic carbocycles. The number of imide groups is 1. The van der Waals surface area contributed by atoms with Gasteiger partial charge in [0.2, 0.25) is 11.8 Å². The molecular formula is C19H26N2O2. The zero-order valence-electron chi connectivity index (χ0n) is 13.9. The molecule has 0 aliphatic carbocycles. The van der Waals surface area contributed by atoms with Gasteiger partial charge in [-0.2, -0.15) is 0 Å². The van der Waals surface area contributed by atoms with Crippen LogP contribution in [0.2, 0.25) is 0 Å². The summed E-state index contributed by atoms with van der Waals surface area (Å²) in [6.45, 7) is 5.04. The van der Waals surface area contributed by atoms with E-state index in [2.05, 4.69) is 24.0 Å². The monoisotopic (exact) mass is 314 g/mol. The van der Waals surface area contributed by atoms with E-state index in [-0.39, 0.29) is 23.7 Å². The quantitative estimate of drug-likeness (QED) is 0.574. The number of amides is 2. The molecule has 0 unspecified atom stereocenters. The van der Waals surface area contributed by atoms with Gasteiger partial charge < -0.3 is 0 Å². The van der Waals surface area contributed by atoms with Gasteiger partial charge in [-0.3, -0.25) is 19.4 Å². The highest BCUT2D eigenvalue weighted by Gasteiger charge is 2.51. The Labute approximate surface area is 138 Å². The fourth-order valence-corrected chi connectivity index (χ4v) is 3.78. The van der Waals surface area contributed by atoms with Gasteiger partial charge in [0.25, 0.3) is 0 Å². The average molecular weight is 314 g/mol. The molecular weight excluding hydrogens is 288 g/mol. The van der Waals surface area contributed by atoms with Crippen molar-refractivity contribution in [3.8, 4) is 0 Å². The molecule has 23 heavy (non-hydrogen) atoms. The molecule has 0 spiro atoms. The number of unbranched alkanes of at least 4 members (excludes halogenated alkanes) is 3. The lowest BCUT2D eigenvalue weighted by molar-refractivity contribution is -0.140. The van der Waals surface area contributed by atoms with Crippen LogP contribution in [0.15, 0.2) is 30.3 Å². The zero-order valence-corrected chi connectivity index (χ0v) is 13.9. The summed E-state index contributed by atoms with van der Waals surface area (Å²) in [5.74, 6) is -0.103. The SMILES string of the molecule is CCCCCCN1C(=O)[C@H]2CN(Cc3ccccc3)C[C@H]2C1=O. The van der Waals surface area contributed by atoms with Crippen LogP contribution in [-0.2, 0) is 16.1 Å². The van der Waals surface area contributed by atoms with Gasteiger partial charge in [-0.25, -0.2) is 0 Å². The molecule has 3 rings (SSSR count). The Hall–Kier alpha value is -1.68. The van der Waals surface area contributed by atoms with Gasteiger partial charge in [0.05, 0.1) is 11.8 Å². The zero-order chi connectivity index (χ0) is 16.2. The number of nitrogens with zero attached hydrogens (tertiary/aromatic N) is 2. The number of carbonyl (C=O) groups excluding carboxylic acids is 2. The summed E-state index contributed by atoms with van der Waals surface area (Å²) in [7, 11) is 0. The fraction of sp³-hybridized carbons (Fsp3) is 0.579. The minimum Gasteiger partial charge on any atom is -0.297 e. The van der Waals surface area contributed by atoms with Crippen LogP contribution in [-0.4, -0.2) is 41.2 Å². The normalized spacial score (nSPS) is 24.5. The van der Waals surface area contributed by atoms with E-state index in [1.165, 1.54) is 23.3 Å². The van der Waals surface area contributed by atoms with Crippen molar-refractivity contribution in [2.45, 2.75) is 39.2 Å². The largest absolute Gasteiger partial charge is 0.297 e. The van der Waals surface area contributed by atoms with Gasteiger partial charge >= 0.3 is 0 Å². The fourth-order valence-electron chi connectivity index (χ4n) is 3.78. The van der Waals surface area contributed by atoms with E-state index in [1.807, 2.05) is 18.2 Å². The van der Waals surface area contributed by atoms with Crippen LogP contribution in [0.4, 0.5) is 0 Å². The lowest BCUT2D eigenvalue weighted by atomic mass is 10.00. The highest BCUT2D eigenvalue weighted by atomic mass is 16.2. The topological polar surface area (TPSA) is 40.6 Å². The number of benzene rings is 1. The number of fused-ring (bicyclic) bond motifs is 1. The molecule has 4 heteroatoms. The van der Waals surface area contributed by atoms with Crippen LogP contribution in [0.1, 0.15) is 38.2 Å². The Bertz CT molecular complexity index is 534. The molecule has 2 fully saturated rings. The van der Waals surface area contributed by atoms with E-state index in [0.717, 1.165) is 32.5 Å². The van der Waals surface area contributed by atoms with Crippen molar-refractivity contribution >= 4 is 11.8 Å². The first kappa shape index (κ1) is 16.2. The predicted octanol–water partition coefficient (Wildman–Crippen LogP) is 2.68. The second-order valence-corrected chi connectivity index (χ2v) is 6.78. The summed E-state index contributed by atoms with van der Waals surface area (Å²) < 4.78 is 0. The molecule has 1 aromatic rings. The third-order valence-corrected chi connectivity index (χ3v) is 5.05.